The molecule has 0 aliphatic heterocycles. The minimum Gasteiger partial charge on any atom is -0.495 e. The number of benzene rings is 2. The van der Waals surface area contributed by atoms with E-state index in [9.17, 15) is 4.79 Å². The van der Waals surface area contributed by atoms with Gasteiger partial charge in [0.15, 0.2) is 0 Å². The lowest BCUT2D eigenvalue weighted by molar-refractivity contribution is -0.115. The summed E-state index contributed by atoms with van der Waals surface area (Å²) in [6.45, 7) is 0. The maximum Gasteiger partial charge on any atom is 0.228 e. The van der Waals surface area contributed by atoms with Crippen molar-refractivity contribution in [3.63, 3.8) is 0 Å². The van der Waals surface area contributed by atoms with E-state index >= 15 is 0 Å². The van der Waals surface area contributed by atoms with E-state index in [4.69, 9.17) is 10.5 Å². The number of methoxy groups -OCH3 is 1. The number of carbonyl (C=O) groups excluding carboxylic acids is 1. The third kappa shape index (κ3) is 4.14. The zero-order chi connectivity index (χ0) is 22.8. The molecule has 2 aromatic carbocycles. The molecular formula is C26H27N5O2. The number of nitrogens with two attached hydrogens (primary N) is 1. The van der Waals surface area contributed by atoms with Crippen molar-refractivity contribution in [1.29, 1.82) is 0 Å². The molecule has 1 aliphatic rings. The average Bonchev–Trinajstić information content (AvgIpc) is 3.49. The number of amides is 1. The molecule has 2 aromatic heterocycles. The van der Waals surface area contributed by atoms with Gasteiger partial charge >= 0.3 is 0 Å². The van der Waals surface area contributed by atoms with E-state index in [1.165, 1.54) is 19.2 Å². The molecule has 0 atom stereocenters. The first-order valence-corrected chi connectivity index (χ1v) is 11.3. The second kappa shape index (κ2) is 8.94. The Morgan fingerprint density at radius 3 is 2.70 bits per heavy atom. The first-order chi connectivity index (χ1) is 16.1. The fourth-order valence-corrected chi connectivity index (χ4v) is 4.73. The van der Waals surface area contributed by atoms with Crippen LogP contribution in [0.25, 0.3) is 22.2 Å². The van der Waals surface area contributed by atoms with Crippen LogP contribution in [-0.2, 0) is 11.2 Å². The molecule has 3 N–H and O–H groups in total. The number of carbonyl (C=O) groups is 1. The Hall–Kier alpha value is -3.87. The van der Waals surface area contributed by atoms with Gasteiger partial charge in [0.2, 0.25) is 5.91 Å². The summed E-state index contributed by atoms with van der Waals surface area (Å²) in [4.78, 5) is 21.4. The van der Waals surface area contributed by atoms with Crippen molar-refractivity contribution in [2.24, 2.45) is 0 Å². The van der Waals surface area contributed by atoms with Crippen molar-refractivity contribution in [3.8, 4) is 16.9 Å². The van der Waals surface area contributed by atoms with Crippen molar-refractivity contribution in [3.05, 3.63) is 66.6 Å². The molecule has 5 rings (SSSR count). The lowest BCUT2D eigenvalue weighted by Crippen LogP contribution is -2.15. The summed E-state index contributed by atoms with van der Waals surface area (Å²) in [5, 5.41) is 3.82. The number of rotatable bonds is 6. The molecule has 1 saturated carbocycles. The van der Waals surface area contributed by atoms with Gasteiger partial charge in [-0.15, -0.1) is 0 Å². The van der Waals surface area contributed by atoms with Gasteiger partial charge in [-0.1, -0.05) is 49.2 Å². The van der Waals surface area contributed by atoms with E-state index in [0.29, 0.717) is 29.7 Å². The standard InChI is InChI=1S/C26H27N5O2/c1-33-22-14-18(11-12-21(22)30-23(32)13-17-7-3-2-4-8-17)20-15-31(19-9-5-6-10-19)26-24(20)25(27)28-16-29-26/h2-4,7-8,11-12,14-16,19H,5-6,9-10,13H2,1H3,(H,30,32)(H2,27,28,29). The highest BCUT2D eigenvalue weighted by Crippen LogP contribution is 2.40. The minimum absolute atomic E-state index is 0.0947. The van der Waals surface area contributed by atoms with Crippen LogP contribution >= 0.6 is 0 Å². The topological polar surface area (TPSA) is 95.1 Å². The van der Waals surface area contributed by atoms with Gasteiger partial charge in [-0.2, -0.15) is 0 Å². The summed E-state index contributed by atoms with van der Waals surface area (Å²) in [7, 11) is 1.60. The molecule has 7 nitrogen and oxygen atoms in total. The van der Waals surface area contributed by atoms with E-state index in [1.54, 1.807) is 7.11 Å². The minimum atomic E-state index is -0.0947. The number of nitrogens with one attached hydrogen (secondary N) is 1. The number of nitrogen functional groups attached to an aromatic ring is 1. The van der Waals surface area contributed by atoms with Crippen molar-refractivity contribution < 1.29 is 9.53 Å². The van der Waals surface area contributed by atoms with Crippen LogP contribution in [0.4, 0.5) is 11.5 Å². The third-order valence-electron chi connectivity index (χ3n) is 6.35. The van der Waals surface area contributed by atoms with Gasteiger partial charge in [-0.25, -0.2) is 9.97 Å². The summed E-state index contributed by atoms with van der Waals surface area (Å²) in [5.41, 5.74) is 10.7. The Balaban J connectivity index is 1.48. The monoisotopic (exact) mass is 441 g/mol. The Bertz CT molecular complexity index is 1290. The van der Waals surface area contributed by atoms with E-state index in [1.807, 2.05) is 48.5 Å². The fourth-order valence-electron chi connectivity index (χ4n) is 4.73. The molecule has 7 heteroatoms. The second-order valence-corrected chi connectivity index (χ2v) is 8.47. The van der Waals surface area contributed by atoms with Crippen LogP contribution in [0.3, 0.4) is 0 Å². The molecule has 0 unspecified atom stereocenters. The molecule has 0 spiro atoms. The number of hydrogen-bond acceptors (Lipinski definition) is 5. The van der Waals surface area contributed by atoms with Crippen LogP contribution in [0.15, 0.2) is 61.1 Å². The summed E-state index contributed by atoms with van der Waals surface area (Å²) < 4.78 is 7.87. The molecule has 168 valence electrons. The Kier molecular flexibility index (Phi) is 5.69. The smallest absolute Gasteiger partial charge is 0.228 e. The molecule has 1 amide bonds. The number of hydrogen-bond donors (Lipinski definition) is 2. The van der Waals surface area contributed by atoms with Crippen molar-refractivity contribution in [2.75, 3.05) is 18.2 Å². The van der Waals surface area contributed by atoms with E-state index in [2.05, 4.69) is 26.0 Å². The van der Waals surface area contributed by atoms with E-state index < -0.39 is 0 Å². The van der Waals surface area contributed by atoms with Gasteiger partial charge in [-0.3, -0.25) is 4.79 Å². The maximum atomic E-state index is 12.6. The largest absolute Gasteiger partial charge is 0.495 e. The normalized spacial score (nSPS) is 14.0. The van der Waals surface area contributed by atoms with Crippen LogP contribution in [-0.4, -0.2) is 27.6 Å². The Morgan fingerprint density at radius 2 is 1.94 bits per heavy atom. The van der Waals surface area contributed by atoms with Gasteiger partial charge < -0.3 is 20.4 Å². The number of nitrogens with zero attached hydrogens (tertiary/aromatic N) is 3. The van der Waals surface area contributed by atoms with Gasteiger partial charge in [0.25, 0.3) is 0 Å². The van der Waals surface area contributed by atoms with Gasteiger partial charge in [-0.05, 0) is 36.1 Å². The Morgan fingerprint density at radius 1 is 1.15 bits per heavy atom. The summed E-state index contributed by atoms with van der Waals surface area (Å²) in [6.07, 6.45) is 8.70. The van der Waals surface area contributed by atoms with E-state index in [0.717, 1.165) is 40.6 Å². The van der Waals surface area contributed by atoms with Crippen LogP contribution in [0, 0.1) is 0 Å². The van der Waals surface area contributed by atoms with Crippen LogP contribution in [0.2, 0.25) is 0 Å². The maximum absolute atomic E-state index is 12.6. The quantitative estimate of drug-likeness (QED) is 0.440. The molecule has 1 fully saturated rings. The van der Waals surface area contributed by atoms with Crippen molar-refractivity contribution >= 4 is 28.4 Å². The third-order valence-corrected chi connectivity index (χ3v) is 6.35. The summed E-state index contributed by atoms with van der Waals surface area (Å²) in [5.74, 6) is 0.958. The average molecular weight is 442 g/mol. The zero-order valence-corrected chi connectivity index (χ0v) is 18.6. The van der Waals surface area contributed by atoms with Gasteiger partial charge in [0.05, 0.1) is 24.6 Å². The van der Waals surface area contributed by atoms with Crippen LogP contribution in [0.5, 0.6) is 5.75 Å². The van der Waals surface area contributed by atoms with Gasteiger partial charge in [0.1, 0.15) is 23.5 Å². The van der Waals surface area contributed by atoms with Crippen LogP contribution < -0.4 is 15.8 Å². The first-order valence-electron chi connectivity index (χ1n) is 11.3. The van der Waals surface area contributed by atoms with Crippen molar-refractivity contribution in [2.45, 2.75) is 38.1 Å². The fraction of sp³-hybridized carbons (Fsp3) is 0.269. The molecule has 33 heavy (non-hydrogen) atoms. The summed E-state index contributed by atoms with van der Waals surface area (Å²) >= 11 is 0. The number of aromatic nitrogens is 3. The van der Waals surface area contributed by atoms with E-state index in [-0.39, 0.29) is 5.91 Å². The number of ether oxygens (including phenoxy) is 1. The highest BCUT2D eigenvalue weighted by atomic mass is 16.5. The second-order valence-electron chi connectivity index (χ2n) is 8.47. The highest BCUT2D eigenvalue weighted by Gasteiger charge is 2.23. The van der Waals surface area contributed by atoms with Gasteiger partial charge in [0, 0.05) is 17.8 Å². The molecule has 2 heterocycles. The first kappa shape index (κ1) is 21.0. The lowest BCUT2D eigenvalue weighted by atomic mass is 10.0. The lowest BCUT2D eigenvalue weighted by Gasteiger charge is -2.13. The van der Waals surface area contributed by atoms with Crippen LogP contribution in [0.1, 0.15) is 37.3 Å². The predicted molar refractivity (Wildman–Crippen MR) is 130 cm³/mol. The molecule has 0 saturated heterocycles. The molecule has 0 radical (unpaired) electrons. The molecule has 4 aromatic rings. The summed E-state index contributed by atoms with van der Waals surface area (Å²) in [6, 6.07) is 15.9. The number of anilines is 2. The molecule has 0 bridgehead atoms. The molecule has 1 aliphatic carbocycles. The molecular weight excluding hydrogens is 414 g/mol. The number of fused-ring (bicyclic) bond motifs is 1. The predicted octanol–water partition coefficient (Wildman–Crippen LogP) is 4.99. The highest BCUT2D eigenvalue weighted by molar-refractivity contribution is 6.01. The zero-order valence-electron chi connectivity index (χ0n) is 18.6. The SMILES string of the molecule is COc1cc(-c2cn(C3CCCC3)c3ncnc(N)c23)ccc1NC(=O)Cc1ccccc1. The Labute approximate surface area is 192 Å². The van der Waals surface area contributed by atoms with Crippen molar-refractivity contribution in [1.82, 2.24) is 14.5 Å².